The van der Waals surface area contributed by atoms with Gasteiger partial charge in [-0.2, -0.15) is 0 Å². The monoisotopic (exact) mass is 519 g/mol. The molecule has 1 aromatic rings. The Morgan fingerprint density at radius 1 is 0.865 bits per heavy atom. The minimum absolute atomic E-state index is 0.114. The fourth-order valence-electron chi connectivity index (χ4n) is 4.27. The molecule has 0 aliphatic rings. The van der Waals surface area contributed by atoms with E-state index in [-0.39, 0.29) is 23.7 Å². The molecule has 4 unspecified atom stereocenters. The number of hydrogen-bond acceptors (Lipinski definition) is 5. The van der Waals surface area contributed by atoms with E-state index >= 15 is 0 Å². The summed E-state index contributed by atoms with van der Waals surface area (Å²) in [6, 6.07) is 4.28. The van der Waals surface area contributed by atoms with Gasteiger partial charge in [0.2, 0.25) is 5.91 Å². The van der Waals surface area contributed by atoms with Gasteiger partial charge in [-0.15, -0.1) is 0 Å². The minimum atomic E-state index is -1.36. The first-order valence-electron chi connectivity index (χ1n) is 13.7. The van der Waals surface area contributed by atoms with E-state index in [1.54, 1.807) is 30.0 Å². The highest BCUT2D eigenvalue weighted by atomic mass is 16.3. The molecule has 0 aromatic heterocycles. The summed E-state index contributed by atoms with van der Waals surface area (Å²) in [6.07, 6.45) is -0.613. The molecule has 0 aliphatic carbocycles. The van der Waals surface area contributed by atoms with E-state index in [9.17, 15) is 24.6 Å². The van der Waals surface area contributed by atoms with Crippen LogP contribution in [0.5, 0.6) is 0 Å². The molecule has 0 bridgehead atoms. The number of carbonyl (C=O) groups is 3. The summed E-state index contributed by atoms with van der Waals surface area (Å²) in [4.78, 5) is 40.7. The van der Waals surface area contributed by atoms with Crippen molar-refractivity contribution in [3.05, 3.63) is 34.9 Å². The van der Waals surface area contributed by atoms with E-state index in [1.807, 2.05) is 48.5 Å². The predicted octanol–water partition coefficient (Wildman–Crippen LogP) is 3.53. The van der Waals surface area contributed by atoms with Crippen molar-refractivity contribution in [2.24, 2.45) is 17.8 Å². The van der Waals surface area contributed by atoms with Gasteiger partial charge in [0.15, 0.2) is 0 Å². The molecular formula is C29H49N3O5. The van der Waals surface area contributed by atoms with Crippen molar-refractivity contribution < 1.29 is 24.6 Å². The number of aryl methyl sites for hydroxylation is 1. The number of rotatable bonds is 15. The number of hydrogen-bond donors (Lipinski definition) is 4. The van der Waals surface area contributed by atoms with Crippen LogP contribution >= 0.6 is 0 Å². The van der Waals surface area contributed by atoms with Crippen LogP contribution in [0.4, 0.5) is 0 Å². The largest absolute Gasteiger partial charge is 0.390 e. The van der Waals surface area contributed by atoms with Crippen molar-refractivity contribution in [3.8, 4) is 0 Å². The van der Waals surface area contributed by atoms with Crippen LogP contribution in [-0.4, -0.2) is 70.7 Å². The lowest BCUT2D eigenvalue weighted by atomic mass is 9.89. The van der Waals surface area contributed by atoms with Crippen molar-refractivity contribution in [3.63, 3.8) is 0 Å². The average Bonchev–Trinajstić information content (AvgIpc) is 2.84. The quantitative estimate of drug-likeness (QED) is 0.283. The average molecular weight is 520 g/mol. The zero-order valence-electron chi connectivity index (χ0n) is 24.0. The molecule has 8 heteroatoms. The fourth-order valence-corrected chi connectivity index (χ4v) is 4.27. The van der Waals surface area contributed by atoms with Crippen LogP contribution in [0.3, 0.4) is 0 Å². The van der Waals surface area contributed by atoms with Gasteiger partial charge in [0.25, 0.3) is 11.8 Å². The van der Waals surface area contributed by atoms with Crippen LogP contribution in [0.1, 0.15) is 94.0 Å². The lowest BCUT2D eigenvalue weighted by Gasteiger charge is -2.31. The van der Waals surface area contributed by atoms with E-state index in [1.165, 1.54) is 0 Å². The van der Waals surface area contributed by atoms with Crippen molar-refractivity contribution in [1.29, 1.82) is 0 Å². The van der Waals surface area contributed by atoms with Gasteiger partial charge in [0, 0.05) is 30.8 Å². The predicted molar refractivity (Wildman–Crippen MR) is 147 cm³/mol. The second kappa shape index (κ2) is 15.7. The van der Waals surface area contributed by atoms with E-state index in [0.29, 0.717) is 37.2 Å². The summed E-state index contributed by atoms with van der Waals surface area (Å²) in [6.45, 7) is 17.1. The summed E-state index contributed by atoms with van der Waals surface area (Å²) >= 11 is 0. The molecule has 0 saturated heterocycles. The molecule has 0 radical (unpaired) electrons. The Balaban J connectivity index is 3.12. The van der Waals surface area contributed by atoms with E-state index < -0.39 is 30.1 Å². The van der Waals surface area contributed by atoms with Crippen LogP contribution in [-0.2, 0) is 4.79 Å². The summed E-state index contributed by atoms with van der Waals surface area (Å²) in [7, 11) is 0. The summed E-state index contributed by atoms with van der Waals surface area (Å²) in [5, 5.41) is 27.4. The van der Waals surface area contributed by atoms with Crippen LogP contribution < -0.4 is 10.6 Å². The fraction of sp³-hybridized carbons (Fsp3) is 0.690. The SMILES string of the molecule is CCCN(CCC)C(=O)c1cc(C)cc(C(=O)NC(CC(C)C)C(O)C(O)C(C)C(=O)NCC(C)C)c1. The Bertz CT molecular complexity index is 880. The number of aliphatic hydroxyl groups is 2. The molecule has 210 valence electrons. The second-order valence-electron chi connectivity index (χ2n) is 11.0. The van der Waals surface area contributed by atoms with Crippen LogP contribution in [0.2, 0.25) is 0 Å². The first-order valence-corrected chi connectivity index (χ1v) is 13.7. The Morgan fingerprint density at radius 2 is 1.43 bits per heavy atom. The van der Waals surface area contributed by atoms with Crippen LogP contribution in [0.15, 0.2) is 18.2 Å². The third-order valence-electron chi connectivity index (χ3n) is 6.28. The highest BCUT2D eigenvalue weighted by Gasteiger charge is 2.35. The molecule has 3 amide bonds. The molecule has 0 fully saturated rings. The topological polar surface area (TPSA) is 119 Å². The van der Waals surface area contributed by atoms with Crippen LogP contribution in [0, 0.1) is 24.7 Å². The Kier molecular flexibility index (Phi) is 13.8. The molecule has 0 saturated carbocycles. The van der Waals surface area contributed by atoms with Gasteiger partial charge in [-0.05, 0) is 61.8 Å². The Hall–Kier alpha value is -2.45. The summed E-state index contributed by atoms with van der Waals surface area (Å²) in [5.74, 6) is -1.38. The molecule has 4 N–H and O–H groups in total. The first kappa shape index (κ1) is 32.6. The van der Waals surface area contributed by atoms with Gasteiger partial charge < -0.3 is 25.7 Å². The highest BCUT2D eigenvalue weighted by molar-refractivity contribution is 6.00. The third kappa shape index (κ3) is 10.4. The van der Waals surface area contributed by atoms with Crippen molar-refractivity contribution >= 4 is 17.7 Å². The number of amides is 3. The molecule has 4 atom stereocenters. The maximum absolute atomic E-state index is 13.3. The van der Waals surface area contributed by atoms with Crippen molar-refractivity contribution in [2.75, 3.05) is 19.6 Å². The second-order valence-corrected chi connectivity index (χ2v) is 11.0. The zero-order valence-corrected chi connectivity index (χ0v) is 24.0. The number of nitrogens with one attached hydrogen (secondary N) is 2. The molecule has 0 spiro atoms. The van der Waals surface area contributed by atoms with Gasteiger partial charge in [-0.3, -0.25) is 14.4 Å². The van der Waals surface area contributed by atoms with Gasteiger partial charge in [0.05, 0.1) is 18.1 Å². The molecule has 0 aliphatic heterocycles. The zero-order chi connectivity index (χ0) is 28.3. The summed E-state index contributed by atoms with van der Waals surface area (Å²) in [5.41, 5.74) is 1.54. The Labute approximate surface area is 223 Å². The molecule has 0 heterocycles. The van der Waals surface area contributed by atoms with Crippen molar-refractivity contribution in [2.45, 2.75) is 92.9 Å². The third-order valence-corrected chi connectivity index (χ3v) is 6.28. The van der Waals surface area contributed by atoms with Crippen LogP contribution in [0.25, 0.3) is 0 Å². The van der Waals surface area contributed by atoms with E-state index in [4.69, 9.17) is 0 Å². The standard InChI is InChI=1S/C29H49N3O5/c1-9-11-32(12-10-2)29(37)23-15-20(7)14-22(16-23)28(36)31-24(13-18(3)4)26(34)25(33)21(8)27(35)30-17-19(5)6/h14-16,18-19,21,24-26,33-34H,9-13,17H2,1-8H3,(H,30,35)(H,31,36). The van der Waals surface area contributed by atoms with Gasteiger partial charge in [0.1, 0.15) is 6.10 Å². The molecular weight excluding hydrogens is 470 g/mol. The van der Waals surface area contributed by atoms with E-state index in [0.717, 1.165) is 18.4 Å². The Morgan fingerprint density at radius 3 is 1.95 bits per heavy atom. The maximum atomic E-state index is 13.3. The number of benzene rings is 1. The lowest BCUT2D eigenvalue weighted by Crippen LogP contribution is -2.53. The molecule has 8 nitrogen and oxygen atoms in total. The normalized spacial score (nSPS) is 14.7. The van der Waals surface area contributed by atoms with Gasteiger partial charge in [-0.1, -0.05) is 48.5 Å². The smallest absolute Gasteiger partial charge is 0.253 e. The van der Waals surface area contributed by atoms with Crippen molar-refractivity contribution in [1.82, 2.24) is 15.5 Å². The molecule has 1 rings (SSSR count). The molecule has 37 heavy (non-hydrogen) atoms. The number of aliphatic hydroxyl groups excluding tert-OH is 2. The number of nitrogens with zero attached hydrogens (tertiary/aromatic N) is 1. The van der Waals surface area contributed by atoms with E-state index in [2.05, 4.69) is 10.6 Å². The van der Waals surface area contributed by atoms with Gasteiger partial charge >= 0.3 is 0 Å². The minimum Gasteiger partial charge on any atom is -0.390 e. The van der Waals surface area contributed by atoms with Gasteiger partial charge in [-0.25, -0.2) is 0 Å². The first-order chi connectivity index (χ1) is 17.3. The maximum Gasteiger partial charge on any atom is 0.253 e. The summed E-state index contributed by atoms with van der Waals surface area (Å²) < 4.78 is 0. The number of carbonyl (C=O) groups excluding carboxylic acids is 3. The highest BCUT2D eigenvalue weighted by Crippen LogP contribution is 2.19. The molecule has 1 aromatic carbocycles. The lowest BCUT2D eigenvalue weighted by molar-refractivity contribution is -0.132.